The van der Waals surface area contributed by atoms with Crippen LogP contribution in [0.1, 0.15) is 28.5 Å². The lowest BCUT2D eigenvalue weighted by molar-refractivity contribution is 0.101. The highest BCUT2D eigenvalue weighted by Gasteiger charge is 2.10. The number of rotatable bonds is 1. The Balaban J connectivity index is 3.38. The Morgan fingerprint density at radius 1 is 1.50 bits per heavy atom. The molecule has 0 radical (unpaired) electrons. The van der Waals surface area contributed by atoms with Gasteiger partial charge in [0.2, 0.25) is 0 Å². The average molecular weight is 184 g/mol. The molecule has 0 bridgehead atoms. The van der Waals surface area contributed by atoms with Crippen molar-refractivity contribution in [2.24, 2.45) is 0 Å². The lowest BCUT2D eigenvalue weighted by Gasteiger charge is -2.04. The molecule has 0 aliphatic carbocycles. The van der Waals surface area contributed by atoms with E-state index < -0.39 is 0 Å². The molecule has 0 amide bonds. The van der Waals surface area contributed by atoms with Crippen molar-refractivity contribution in [1.82, 2.24) is 4.98 Å². The molecule has 0 N–H and O–H groups in total. The maximum atomic E-state index is 11.1. The number of halogens is 1. The largest absolute Gasteiger partial charge is 0.294 e. The van der Waals surface area contributed by atoms with Crippen molar-refractivity contribution in [1.29, 1.82) is 0 Å². The predicted molar refractivity (Wildman–Crippen MR) is 48.7 cm³/mol. The molecule has 0 aliphatic rings. The molecule has 0 aromatic carbocycles. The highest BCUT2D eigenvalue weighted by atomic mass is 35.5. The molecule has 0 aliphatic heterocycles. The van der Waals surface area contributed by atoms with Gasteiger partial charge in [-0.25, -0.2) is 4.98 Å². The van der Waals surface area contributed by atoms with Crippen LogP contribution < -0.4 is 0 Å². The molecule has 0 spiro atoms. The SMILES string of the molecule is CC(=O)c1c(C)cc(C)nc1Cl. The normalized spacial score (nSPS) is 10.0. The Morgan fingerprint density at radius 2 is 2.08 bits per heavy atom. The Hall–Kier alpha value is -0.890. The van der Waals surface area contributed by atoms with Gasteiger partial charge in [0.15, 0.2) is 5.78 Å². The van der Waals surface area contributed by atoms with Crippen molar-refractivity contribution in [3.8, 4) is 0 Å². The summed E-state index contributed by atoms with van der Waals surface area (Å²) in [7, 11) is 0. The summed E-state index contributed by atoms with van der Waals surface area (Å²) in [5, 5.41) is 0.306. The van der Waals surface area contributed by atoms with Crippen LogP contribution in [0.15, 0.2) is 6.07 Å². The first-order chi connectivity index (χ1) is 5.52. The third kappa shape index (κ3) is 1.64. The first kappa shape index (κ1) is 9.20. The maximum Gasteiger partial charge on any atom is 0.163 e. The van der Waals surface area contributed by atoms with Crippen LogP contribution in [0.4, 0.5) is 0 Å². The van der Waals surface area contributed by atoms with Gasteiger partial charge in [-0.2, -0.15) is 0 Å². The van der Waals surface area contributed by atoms with Gasteiger partial charge >= 0.3 is 0 Å². The zero-order valence-electron chi connectivity index (χ0n) is 7.31. The van der Waals surface area contributed by atoms with Gasteiger partial charge in [-0.15, -0.1) is 0 Å². The number of ketones is 1. The molecule has 1 aromatic heterocycles. The number of hydrogen-bond acceptors (Lipinski definition) is 2. The predicted octanol–water partition coefficient (Wildman–Crippen LogP) is 2.55. The van der Waals surface area contributed by atoms with E-state index in [1.807, 2.05) is 19.9 Å². The van der Waals surface area contributed by atoms with E-state index in [-0.39, 0.29) is 5.78 Å². The van der Waals surface area contributed by atoms with Gasteiger partial charge in [-0.1, -0.05) is 11.6 Å². The van der Waals surface area contributed by atoms with Gasteiger partial charge in [-0.05, 0) is 32.4 Å². The zero-order chi connectivity index (χ0) is 9.30. The number of hydrogen-bond donors (Lipinski definition) is 0. The van der Waals surface area contributed by atoms with E-state index in [4.69, 9.17) is 11.6 Å². The van der Waals surface area contributed by atoms with E-state index in [2.05, 4.69) is 4.98 Å². The fourth-order valence-corrected chi connectivity index (χ4v) is 1.63. The molecule has 1 rings (SSSR count). The molecule has 0 atom stereocenters. The Kier molecular flexibility index (Phi) is 2.48. The summed E-state index contributed by atoms with van der Waals surface area (Å²) in [5.41, 5.74) is 2.25. The van der Waals surface area contributed by atoms with Gasteiger partial charge in [0.25, 0.3) is 0 Å². The van der Waals surface area contributed by atoms with Crippen molar-refractivity contribution < 1.29 is 4.79 Å². The number of pyridine rings is 1. The monoisotopic (exact) mass is 183 g/mol. The Morgan fingerprint density at radius 3 is 2.50 bits per heavy atom. The quantitative estimate of drug-likeness (QED) is 0.495. The van der Waals surface area contributed by atoms with Crippen molar-refractivity contribution in [3.63, 3.8) is 0 Å². The molecule has 1 heterocycles. The summed E-state index contributed by atoms with van der Waals surface area (Å²) in [5.74, 6) is -0.0370. The van der Waals surface area contributed by atoms with Crippen molar-refractivity contribution in [2.75, 3.05) is 0 Å². The van der Waals surface area contributed by atoms with Gasteiger partial charge < -0.3 is 0 Å². The second-order valence-electron chi connectivity index (χ2n) is 2.80. The van der Waals surface area contributed by atoms with Crippen LogP contribution >= 0.6 is 11.6 Å². The first-order valence-corrected chi connectivity index (χ1v) is 4.05. The van der Waals surface area contributed by atoms with Crippen LogP contribution in [0.3, 0.4) is 0 Å². The van der Waals surface area contributed by atoms with Crippen LogP contribution in [-0.2, 0) is 0 Å². The topological polar surface area (TPSA) is 30.0 Å². The van der Waals surface area contributed by atoms with E-state index in [1.165, 1.54) is 6.92 Å². The summed E-state index contributed by atoms with van der Waals surface area (Å²) >= 11 is 5.80. The molecule has 64 valence electrons. The van der Waals surface area contributed by atoms with Gasteiger partial charge in [0, 0.05) is 5.69 Å². The summed E-state index contributed by atoms with van der Waals surface area (Å²) < 4.78 is 0. The number of carbonyl (C=O) groups is 1. The Bertz CT molecular complexity index is 310. The summed E-state index contributed by atoms with van der Waals surface area (Å²) in [4.78, 5) is 15.1. The third-order valence-corrected chi connectivity index (χ3v) is 1.93. The van der Waals surface area contributed by atoms with E-state index in [9.17, 15) is 4.79 Å². The van der Waals surface area contributed by atoms with Crippen LogP contribution in [-0.4, -0.2) is 10.8 Å². The molecule has 3 heteroatoms. The van der Waals surface area contributed by atoms with Crippen LogP contribution in [0.25, 0.3) is 0 Å². The minimum absolute atomic E-state index is 0.0370. The molecule has 0 fully saturated rings. The molecule has 0 saturated carbocycles. The van der Waals surface area contributed by atoms with Crippen LogP contribution in [0.5, 0.6) is 0 Å². The van der Waals surface area contributed by atoms with E-state index in [0.29, 0.717) is 10.7 Å². The fraction of sp³-hybridized carbons (Fsp3) is 0.333. The molecule has 1 aromatic rings. The molecule has 0 saturated heterocycles. The van der Waals surface area contributed by atoms with E-state index in [1.54, 1.807) is 0 Å². The number of carbonyl (C=O) groups excluding carboxylic acids is 1. The first-order valence-electron chi connectivity index (χ1n) is 3.67. The summed E-state index contributed by atoms with van der Waals surface area (Å²) in [6, 6.07) is 1.85. The zero-order valence-corrected chi connectivity index (χ0v) is 8.07. The standard InChI is InChI=1S/C9H10ClNO/c1-5-4-6(2)11-9(10)8(5)7(3)12/h4H,1-3H3. The van der Waals surface area contributed by atoms with Crippen molar-refractivity contribution in [3.05, 3.63) is 28.0 Å². The number of nitrogens with zero attached hydrogens (tertiary/aromatic N) is 1. The number of aromatic nitrogens is 1. The summed E-state index contributed by atoms with van der Waals surface area (Å²) in [6.07, 6.45) is 0. The molecule has 0 unspecified atom stereocenters. The van der Waals surface area contributed by atoms with Gasteiger partial charge in [0.05, 0.1) is 5.56 Å². The molecule has 2 nitrogen and oxygen atoms in total. The minimum atomic E-state index is -0.0370. The third-order valence-electron chi connectivity index (χ3n) is 1.65. The molecular formula is C9H10ClNO. The second-order valence-corrected chi connectivity index (χ2v) is 3.16. The highest BCUT2D eigenvalue weighted by Crippen LogP contribution is 2.18. The van der Waals surface area contributed by atoms with E-state index in [0.717, 1.165) is 11.3 Å². The van der Waals surface area contributed by atoms with Gasteiger partial charge in [-0.3, -0.25) is 4.79 Å². The van der Waals surface area contributed by atoms with Crippen LogP contribution in [0, 0.1) is 13.8 Å². The summed E-state index contributed by atoms with van der Waals surface area (Å²) in [6.45, 7) is 5.20. The lowest BCUT2D eigenvalue weighted by atomic mass is 10.1. The van der Waals surface area contributed by atoms with Crippen molar-refractivity contribution in [2.45, 2.75) is 20.8 Å². The minimum Gasteiger partial charge on any atom is -0.294 e. The highest BCUT2D eigenvalue weighted by molar-refractivity contribution is 6.32. The molecular weight excluding hydrogens is 174 g/mol. The number of Topliss-reactive ketones (excluding diaryl/α,β-unsaturated/α-hetero) is 1. The van der Waals surface area contributed by atoms with E-state index >= 15 is 0 Å². The smallest absolute Gasteiger partial charge is 0.163 e. The fourth-order valence-electron chi connectivity index (χ4n) is 1.21. The lowest BCUT2D eigenvalue weighted by Crippen LogP contribution is -2.00. The second kappa shape index (κ2) is 3.23. The van der Waals surface area contributed by atoms with Crippen LogP contribution in [0.2, 0.25) is 5.15 Å². The van der Waals surface area contributed by atoms with Crippen molar-refractivity contribution >= 4 is 17.4 Å². The molecule has 12 heavy (non-hydrogen) atoms. The van der Waals surface area contributed by atoms with Gasteiger partial charge in [0.1, 0.15) is 5.15 Å². The average Bonchev–Trinajstić information content (AvgIpc) is 1.82. The maximum absolute atomic E-state index is 11.1. The Labute approximate surface area is 76.6 Å². The number of aryl methyl sites for hydroxylation is 2.